The van der Waals surface area contributed by atoms with Crippen molar-refractivity contribution in [2.24, 2.45) is 0 Å². The quantitative estimate of drug-likeness (QED) is 0.769. The standard InChI is InChI=1S/C17H21BrN2S/c1-11-8-12(2)16(13(3)9-11)15(19-4)10-21-17-14(18)6-5-7-20-17/h5-9,15,19H,10H2,1-4H3. The lowest BCUT2D eigenvalue weighted by Crippen LogP contribution is -2.21. The number of halogens is 1. The highest BCUT2D eigenvalue weighted by Crippen LogP contribution is 2.31. The van der Waals surface area contributed by atoms with Crippen LogP contribution in [0.25, 0.3) is 0 Å². The fraction of sp³-hybridized carbons (Fsp3) is 0.353. The Bertz CT molecular complexity index is 605. The molecule has 0 aliphatic carbocycles. The van der Waals surface area contributed by atoms with Crippen molar-refractivity contribution in [3.63, 3.8) is 0 Å². The third-order valence-electron chi connectivity index (χ3n) is 3.55. The maximum absolute atomic E-state index is 4.43. The van der Waals surface area contributed by atoms with E-state index < -0.39 is 0 Å². The first kappa shape index (κ1) is 16.5. The van der Waals surface area contributed by atoms with Gasteiger partial charge in [0, 0.05) is 22.5 Å². The number of pyridine rings is 1. The molecular weight excluding hydrogens is 344 g/mol. The van der Waals surface area contributed by atoms with Crippen molar-refractivity contribution in [2.45, 2.75) is 31.8 Å². The van der Waals surface area contributed by atoms with E-state index in [9.17, 15) is 0 Å². The SMILES string of the molecule is CNC(CSc1ncccc1Br)c1c(C)cc(C)cc1C. The Labute approximate surface area is 139 Å². The molecule has 0 radical (unpaired) electrons. The van der Waals surface area contributed by atoms with Gasteiger partial charge < -0.3 is 5.32 Å². The molecule has 1 N–H and O–H groups in total. The van der Waals surface area contributed by atoms with Gasteiger partial charge in [-0.1, -0.05) is 17.7 Å². The van der Waals surface area contributed by atoms with Crippen molar-refractivity contribution in [1.82, 2.24) is 10.3 Å². The summed E-state index contributed by atoms with van der Waals surface area (Å²) in [6, 6.07) is 8.82. The predicted molar refractivity (Wildman–Crippen MR) is 95.1 cm³/mol. The van der Waals surface area contributed by atoms with Crippen LogP contribution in [0.2, 0.25) is 0 Å². The molecule has 0 bridgehead atoms. The average Bonchev–Trinajstić information content (AvgIpc) is 2.43. The highest BCUT2D eigenvalue weighted by molar-refractivity contribution is 9.10. The maximum Gasteiger partial charge on any atom is 0.110 e. The molecule has 4 heteroatoms. The van der Waals surface area contributed by atoms with E-state index in [2.05, 4.69) is 59.1 Å². The van der Waals surface area contributed by atoms with Crippen LogP contribution in [0.5, 0.6) is 0 Å². The van der Waals surface area contributed by atoms with E-state index in [1.807, 2.05) is 25.4 Å². The minimum Gasteiger partial charge on any atom is -0.312 e. The number of rotatable bonds is 5. The van der Waals surface area contributed by atoms with Crippen LogP contribution in [0.15, 0.2) is 40.0 Å². The molecule has 1 atom stereocenters. The van der Waals surface area contributed by atoms with E-state index in [1.54, 1.807) is 11.8 Å². The van der Waals surface area contributed by atoms with E-state index in [0.29, 0.717) is 6.04 Å². The minimum absolute atomic E-state index is 0.324. The summed E-state index contributed by atoms with van der Waals surface area (Å²) >= 11 is 5.33. The van der Waals surface area contributed by atoms with Crippen LogP contribution < -0.4 is 5.32 Å². The van der Waals surface area contributed by atoms with Gasteiger partial charge >= 0.3 is 0 Å². The van der Waals surface area contributed by atoms with E-state index in [4.69, 9.17) is 0 Å². The summed E-state index contributed by atoms with van der Waals surface area (Å²) in [5.74, 6) is 0.955. The zero-order valence-electron chi connectivity index (χ0n) is 12.9. The van der Waals surface area contributed by atoms with Crippen molar-refractivity contribution in [1.29, 1.82) is 0 Å². The normalized spacial score (nSPS) is 12.4. The largest absolute Gasteiger partial charge is 0.312 e. The second-order valence-electron chi connectivity index (χ2n) is 5.26. The average molecular weight is 365 g/mol. The summed E-state index contributed by atoms with van der Waals surface area (Å²) in [6.45, 7) is 6.54. The Morgan fingerprint density at radius 2 is 1.90 bits per heavy atom. The first-order valence-corrected chi connectivity index (χ1v) is 8.79. The molecule has 0 saturated carbocycles. The first-order chi connectivity index (χ1) is 10.0. The van der Waals surface area contributed by atoms with Crippen molar-refractivity contribution in [3.8, 4) is 0 Å². The van der Waals surface area contributed by atoms with Gasteiger partial charge in [0.1, 0.15) is 5.03 Å². The number of nitrogens with one attached hydrogen (secondary N) is 1. The van der Waals surface area contributed by atoms with E-state index in [0.717, 1.165) is 15.3 Å². The number of nitrogens with zero attached hydrogens (tertiary/aromatic N) is 1. The number of aromatic nitrogens is 1. The van der Waals surface area contributed by atoms with E-state index >= 15 is 0 Å². The Morgan fingerprint density at radius 3 is 2.48 bits per heavy atom. The van der Waals surface area contributed by atoms with E-state index in [-0.39, 0.29) is 0 Å². The molecule has 0 spiro atoms. The topological polar surface area (TPSA) is 24.9 Å². The monoisotopic (exact) mass is 364 g/mol. The smallest absolute Gasteiger partial charge is 0.110 e. The summed E-state index contributed by atoms with van der Waals surface area (Å²) in [5.41, 5.74) is 5.44. The fourth-order valence-corrected chi connectivity index (χ4v) is 4.29. The van der Waals surface area contributed by atoms with Gasteiger partial charge in [-0.05, 0) is 72.6 Å². The van der Waals surface area contributed by atoms with Gasteiger partial charge in [0.25, 0.3) is 0 Å². The number of thioether (sulfide) groups is 1. The molecule has 1 aromatic heterocycles. The van der Waals surface area contributed by atoms with Crippen molar-refractivity contribution >= 4 is 27.7 Å². The van der Waals surface area contributed by atoms with Crippen molar-refractivity contribution in [3.05, 3.63) is 57.2 Å². The summed E-state index contributed by atoms with van der Waals surface area (Å²) in [4.78, 5) is 4.43. The first-order valence-electron chi connectivity index (χ1n) is 7.01. The van der Waals surface area contributed by atoms with E-state index in [1.165, 1.54) is 22.3 Å². The van der Waals surface area contributed by atoms with Gasteiger partial charge in [-0.15, -0.1) is 11.8 Å². The van der Waals surface area contributed by atoms with Crippen LogP contribution in [-0.4, -0.2) is 17.8 Å². The molecule has 2 nitrogen and oxygen atoms in total. The molecule has 0 aliphatic rings. The maximum atomic E-state index is 4.43. The highest BCUT2D eigenvalue weighted by atomic mass is 79.9. The molecule has 0 aliphatic heterocycles. The molecule has 112 valence electrons. The molecule has 2 rings (SSSR count). The predicted octanol–water partition coefficient (Wildman–Crippen LogP) is 4.82. The highest BCUT2D eigenvalue weighted by Gasteiger charge is 2.16. The number of benzene rings is 1. The molecule has 1 aromatic carbocycles. The van der Waals surface area contributed by atoms with Crippen molar-refractivity contribution < 1.29 is 0 Å². The van der Waals surface area contributed by atoms with Crippen LogP contribution in [0.1, 0.15) is 28.3 Å². The Hall–Kier alpha value is -0.840. The molecule has 1 unspecified atom stereocenters. The van der Waals surface area contributed by atoms with Gasteiger partial charge in [-0.25, -0.2) is 4.98 Å². The number of aryl methyl sites for hydroxylation is 3. The zero-order valence-corrected chi connectivity index (χ0v) is 15.3. The summed E-state index contributed by atoms with van der Waals surface area (Å²) < 4.78 is 1.06. The Kier molecular flexibility index (Phi) is 5.85. The summed E-state index contributed by atoms with van der Waals surface area (Å²) in [6.07, 6.45) is 1.84. The van der Waals surface area contributed by atoms with Gasteiger partial charge in [0.2, 0.25) is 0 Å². The molecule has 1 heterocycles. The summed E-state index contributed by atoms with van der Waals surface area (Å²) in [7, 11) is 2.03. The van der Waals surface area contributed by atoms with Gasteiger partial charge in [-0.3, -0.25) is 0 Å². The van der Waals surface area contributed by atoms with Crippen LogP contribution in [0, 0.1) is 20.8 Å². The van der Waals surface area contributed by atoms with Gasteiger partial charge in [-0.2, -0.15) is 0 Å². The zero-order chi connectivity index (χ0) is 15.4. The number of hydrogen-bond donors (Lipinski definition) is 1. The van der Waals surface area contributed by atoms with Gasteiger partial charge in [0.15, 0.2) is 0 Å². The minimum atomic E-state index is 0.324. The summed E-state index contributed by atoms with van der Waals surface area (Å²) in [5, 5.41) is 4.49. The van der Waals surface area contributed by atoms with Crippen LogP contribution >= 0.6 is 27.7 Å². The van der Waals surface area contributed by atoms with Crippen LogP contribution in [-0.2, 0) is 0 Å². The third-order valence-corrected chi connectivity index (χ3v) is 5.55. The molecule has 0 fully saturated rings. The second kappa shape index (κ2) is 7.43. The van der Waals surface area contributed by atoms with Gasteiger partial charge in [0.05, 0.1) is 0 Å². The molecule has 0 amide bonds. The van der Waals surface area contributed by atoms with Crippen LogP contribution in [0.4, 0.5) is 0 Å². The molecule has 21 heavy (non-hydrogen) atoms. The lowest BCUT2D eigenvalue weighted by molar-refractivity contribution is 0.653. The van der Waals surface area contributed by atoms with Crippen LogP contribution in [0.3, 0.4) is 0 Å². The Morgan fingerprint density at radius 1 is 1.24 bits per heavy atom. The lowest BCUT2D eigenvalue weighted by Gasteiger charge is -2.21. The molecular formula is C17H21BrN2S. The third kappa shape index (κ3) is 4.09. The lowest BCUT2D eigenvalue weighted by atomic mass is 9.95. The second-order valence-corrected chi connectivity index (χ2v) is 7.12. The molecule has 2 aromatic rings. The fourth-order valence-electron chi connectivity index (χ4n) is 2.69. The number of hydrogen-bond acceptors (Lipinski definition) is 3. The Balaban J connectivity index is 2.20. The van der Waals surface area contributed by atoms with Crippen molar-refractivity contribution in [2.75, 3.05) is 12.8 Å². The molecule has 0 saturated heterocycles.